The van der Waals surface area contributed by atoms with Crippen LogP contribution < -0.4 is 11.1 Å². The van der Waals surface area contributed by atoms with Gasteiger partial charge in [-0.15, -0.1) is 0 Å². The summed E-state index contributed by atoms with van der Waals surface area (Å²) >= 11 is 0. The van der Waals surface area contributed by atoms with Gasteiger partial charge in [-0.25, -0.2) is 4.98 Å². The molecule has 0 aliphatic heterocycles. The number of nitrogens with two attached hydrogens (primary N) is 1. The van der Waals surface area contributed by atoms with Crippen molar-refractivity contribution in [1.82, 2.24) is 4.98 Å². The average Bonchev–Trinajstić information content (AvgIpc) is 2.50. The van der Waals surface area contributed by atoms with Crippen molar-refractivity contribution in [1.29, 1.82) is 5.26 Å². The molecule has 3 N–H and O–H groups in total. The summed E-state index contributed by atoms with van der Waals surface area (Å²) < 4.78 is 0. The van der Waals surface area contributed by atoms with E-state index in [1.165, 1.54) is 6.92 Å². The number of nitrogens with one attached hydrogen (secondary N) is 1. The van der Waals surface area contributed by atoms with Crippen molar-refractivity contribution in [3.63, 3.8) is 0 Å². The molecule has 0 radical (unpaired) electrons. The maximum atomic E-state index is 11.1. The van der Waals surface area contributed by atoms with Crippen LogP contribution in [0.4, 0.5) is 11.5 Å². The molecular formula is C18H20N4O. The molecule has 5 nitrogen and oxygen atoms in total. The topological polar surface area (TPSA) is 91.8 Å². The van der Waals surface area contributed by atoms with Crippen molar-refractivity contribution >= 4 is 17.4 Å². The zero-order chi connectivity index (χ0) is 17.0. The summed E-state index contributed by atoms with van der Waals surface area (Å²) in [6.45, 7) is 5.47. The molecule has 0 aliphatic carbocycles. The molecule has 2 rings (SSSR count). The minimum Gasteiger partial charge on any atom is -0.383 e. The number of carbonyl (C=O) groups is 1. The predicted octanol–water partition coefficient (Wildman–Crippen LogP) is 3.42. The monoisotopic (exact) mass is 308 g/mol. The van der Waals surface area contributed by atoms with Crippen LogP contribution in [-0.4, -0.2) is 10.9 Å². The first-order valence-corrected chi connectivity index (χ1v) is 7.55. The Labute approximate surface area is 136 Å². The van der Waals surface area contributed by atoms with Gasteiger partial charge in [0.25, 0.3) is 0 Å². The van der Waals surface area contributed by atoms with Gasteiger partial charge in [0.05, 0.1) is 0 Å². The van der Waals surface area contributed by atoms with Gasteiger partial charge in [-0.2, -0.15) is 5.26 Å². The molecule has 0 aliphatic rings. The summed E-state index contributed by atoms with van der Waals surface area (Å²) in [4.78, 5) is 15.4. The summed E-state index contributed by atoms with van der Waals surface area (Å²) in [5.41, 5.74) is 10.7. The fourth-order valence-corrected chi connectivity index (χ4v) is 2.68. The number of nitrogens with zero attached hydrogens (tertiary/aromatic N) is 2. The SMILES string of the molecule is CCCc1c(C)nc(N)c(C#N)c1-c1ccc(NC(C)=O)cc1. The lowest BCUT2D eigenvalue weighted by molar-refractivity contribution is -0.114. The van der Waals surface area contributed by atoms with E-state index in [1.54, 1.807) is 0 Å². The molecule has 1 heterocycles. The third-order valence-corrected chi connectivity index (χ3v) is 3.64. The van der Waals surface area contributed by atoms with Gasteiger partial charge in [-0.3, -0.25) is 4.79 Å². The standard InChI is InChI=1S/C18H20N4O/c1-4-5-15-11(2)21-18(20)16(10-19)17(15)13-6-8-14(9-7-13)22-12(3)23/h6-9H,4-5H2,1-3H3,(H2,20,21)(H,22,23). The normalized spacial score (nSPS) is 10.2. The van der Waals surface area contributed by atoms with Crippen molar-refractivity contribution in [3.05, 3.63) is 41.1 Å². The number of nitrogen functional groups attached to an aromatic ring is 1. The van der Waals surface area contributed by atoms with Gasteiger partial charge >= 0.3 is 0 Å². The first kappa shape index (κ1) is 16.5. The van der Waals surface area contributed by atoms with Crippen LogP contribution in [0, 0.1) is 18.3 Å². The predicted molar refractivity (Wildman–Crippen MR) is 91.8 cm³/mol. The van der Waals surface area contributed by atoms with Crippen molar-refractivity contribution < 1.29 is 4.79 Å². The Morgan fingerprint density at radius 2 is 2.00 bits per heavy atom. The maximum absolute atomic E-state index is 11.1. The van der Waals surface area contributed by atoms with Crippen LogP contribution in [0.3, 0.4) is 0 Å². The quantitative estimate of drug-likeness (QED) is 0.905. The van der Waals surface area contributed by atoms with Gasteiger partial charge in [-0.1, -0.05) is 25.5 Å². The third-order valence-electron chi connectivity index (χ3n) is 3.64. The minimum atomic E-state index is -0.119. The Balaban J connectivity index is 2.61. The summed E-state index contributed by atoms with van der Waals surface area (Å²) in [7, 11) is 0. The van der Waals surface area contributed by atoms with Gasteiger partial charge in [0, 0.05) is 23.9 Å². The first-order chi connectivity index (χ1) is 11.0. The number of rotatable bonds is 4. The molecule has 118 valence electrons. The largest absolute Gasteiger partial charge is 0.383 e. The fourth-order valence-electron chi connectivity index (χ4n) is 2.68. The van der Waals surface area contributed by atoms with Gasteiger partial charge in [-0.05, 0) is 36.6 Å². The Morgan fingerprint density at radius 1 is 1.35 bits per heavy atom. The van der Waals surface area contributed by atoms with Gasteiger partial charge in [0.1, 0.15) is 17.5 Å². The van der Waals surface area contributed by atoms with E-state index >= 15 is 0 Å². The van der Waals surface area contributed by atoms with E-state index < -0.39 is 0 Å². The zero-order valence-electron chi connectivity index (χ0n) is 13.6. The van der Waals surface area contributed by atoms with E-state index in [-0.39, 0.29) is 11.7 Å². The van der Waals surface area contributed by atoms with Crippen molar-refractivity contribution in [3.8, 4) is 17.2 Å². The van der Waals surface area contributed by atoms with Crippen LogP contribution >= 0.6 is 0 Å². The number of benzene rings is 1. The van der Waals surface area contributed by atoms with E-state index in [0.717, 1.165) is 40.9 Å². The summed E-state index contributed by atoms with van der Waals surface area (Å²) in [5.74, 6) is 0.136. The molecule has 2 aromatic rings. The third kappa shape index (κ3) is 3.49. The van der Waals surface area contributed by atoms with Crippen LogP contribution in [0.15, 0.2) is 24.3 Å². The van der Waals surface area contributed by atoms with E-state index in [1.807, 2.05) is 31.2 Å². The molecule has 0 bridgehead atoms. The van der Waals surface area contributed by atoms with E-state index in [9.17, 15) is 10.1 Å². The number of nitriles is 1. The van der Waals surface area contributed by atoms with E-state index in [0.29, 0.717) is 5.56 Å². The Morgan fingerprint density at radius 3 is 2.52 bits per heavy atom. The molecule has 0 atom stereocenters. The van der Waals surface area contributed by atoms with Crippen LogP contribution in [0.1, 0.15) is 37.1 Å². The number of aromatic nitrogens is 1. The molecule has 1 amide bonds. The Bertz CT molecular complexity index is 773. The summed E-state index contributed by atoms with van der Waals surface area (Å²) in [6, 6.07) is 9.59. The van der Waals surface area contributed by atoms with Gasteiger partial charge < -0.3 is 11.1 Å². The molecule has 1 aromatic carbocycles. The second-order valence-electron chi connectivity index (χ2n) is 5.43. The average molecular weight is 308 g/mol. The van der Waals surface area contributed by atoms with Crippen LogP contribution in [0.2, 0.25) is 0 Å². The highest BCUT2D eigenvalue weighted by molar-refractivity contribution is 5.89. The highest BCUT2D eigenvalue weighted by atomic mass is 16.1. The Hall–Kier alpha value is -2.87. The van der Waals surface area contributed by atoms with Gasteiger partial charge in [0.15, 0.2) is 0 Å². The lowest BCUT2D eigenvalue weighted by Crippen LogP contribution is -2.06. The first-order valence-electron chi connectivity index (χ1n) is 7.55. The number of anilines is 2. The van der Waals surface area contributed by atoms with Crippen molar-refractivity contribution in [2.45, 2.75) is 33.6 Å². The molecule has 23 heavy (non-hydrogen) atoms. The highest BCUT2D eigenvalue weighted by Gasteiger charge is 2.17. The lowest BCUT2D eigenvalue weighted by Gasteiger charge is -2.15. The smallest absolute Gasteiger partial charge is 0.221 e. The highest BCUT2D eigenvalue weighted by Crippen LogP contribution is 2.33. The number of hydrogen-bond donors (Lipinski definition) is 2. The summed E-state index contributed by atoms with van der Waals surface area (Å²) in [6.07, 6.45) is 1.78. The maximum Gasteiger partial charge on any atom is 0.221 e. The molecule has 1 aromatic heterocycles. The van der Waals surface area contributed by atoms with Crippen LogP contribution in [-0.2, 0) is 11.2 Å². The molecule has 0 saturated carbocycles. The van der Waals surface area contributed by atoms with Crippen LogP contribution in [0.25, 0.3) is 11.1 Å². The molecule has 0 spiro atoms. The van der Waals surface area contributed by atoms with Gasteiger partial charge in [0.2, 0.25) is 5.91 Å². The fraction of sp³-hybridized carbons (Fsp3) is 0.278. The van der Waals surface area contributed by atoms with E-state index in [2.05, 4.69) is 23.3 Å². The number of hydrogen-bond acceptors (Lipinski definition) is 4. The number of pyridine rings is 1. The molecular weight excluding hydrogens is 288 g/mol. The second kappa shape index (κ2) is 6.93. The molecule has 0 unspecified atom stereocenters. The Kier molecular flexibility index (Phi) is 4.97. The number of aryl methyl sites for hydroxylation is 1. The zero-order valence-corrected chi connectivity index (χ0v) is 13.6. The molecule has 0 saturated heterocycles. The van der Waals surface area contributed by atoms with Crippen LogP contribution in [0.5, 0.6) is 0 Å². The van der Waals surface area contributed by atoms with Crippen molar-refractivity contribution in [2.24, 2.45) is 0 Å². The van der Waals surface area contributed by atoms with Crippen molar-refractivity contribution in [2.75, 3.05) is 11.1 Å². The summed E-state index contributed by atoms with van der Waals surface area (Å²) in [5, 5.41) is 12.2. The minimum absolute atomic E-state index is 0.119. The number of carbonyl (C=O) groups excluding carboxylic acids is 1. The lowest BCUT2D eigenvalue weighted by atomic mass is 9.92. The van der Waals surface area contributed by atoms with E-state index in [4.69, 9.17) is 5.73 Å². The number of amides is 1. The second-order valence-corrected chi connectivity index (χ2v) is 5.43. The molecule has 0 fully saturated rings. The molecule has 5 heteroatoms.